The molecule has 1 fully saturated rings. The second-order valence-corrected chi connectivity index (χ2v) is 9.69. The van der Waals surface area contributed by atoms with E-state index in [4.69, 9.17) is 0 Å². The second-order valence-electron chi connectivity index (χ2n) is 6.64. The molecule has 1 amide bonds. The fourth-order valence-electron chi connectivity index (χ4n) is 2.99. The third-order valence-corrected chi connectivity index (χ3v) is 6.48. The fraction of sp³-hybridized carbons (Fsp3) is 0.278. The Bertz CT molecular complexity index is 1140. The second kappa shape index (κ2) is 7.46. The van der Waals surface area contributed by atoms with E-state index in [1.54, 1.807) is 36.5 Å². The van der Waals surface area contributed by atoms with Crippen molar-refractivity contribution >= 4 is 48.2 Å². The average Bonchev–Trinajstić information content (AvgIpc) is 3.29. The van der Waals surface area contributed by atoms with E-state index in [1.165, 1.54) is 17.6 Å². The predicted octanol–water partition coefficient (Wildman–Crippen LogP) is 1.93. The molecule has 0 unspecified atom stereocenters. The van der Waals surface area contributed by atoms with E-state index in [9.17, 15) is 13.2 Å². The van der Waals surface area contributed by atoms with Crippen LogP contribution >= 0.6 is 11.3 Å². The normalized spacial score (nSPS) is 17.0. The van der Waals surface area contributed by atoms with Crippen molar-refractivity contribution in [2.24, 2.45) is 0 Å². The number of nitrogens with zero attached hydrogens (tertiary/aromatic N) is 2. The highest BCUT2D eigenvalue weighted by molar-refractivity contribution is 7.90. The number of benzene rings is 1. The van der Waals surface area contributed by atoms with Crippen LogP contribution in [0.15, 0.2) is 41.4 Å². The SMILES string of the molecule is CS(=O)(=O)c1ccc2nc(Nc3cc(C(=O)N[C@H]4CCNC4)ccn3)sc2c1. The molecule has 0 saturated carbocycles. The molecule has 0 spiro atoms. The monoisotopic (exact) mass is 417 g/mol. The number of sulfone groups is 1. The van der Waals surface area contributed by atoms with Crippen molar-refractivity contribution in [3.63, 3.8) is 0 Å². The minimum absolute atomic E-state index is 0.138. The number of rotatable bonds is 5. The van der Waals surface area contributed by atoms with Crippen LogP contribution in [0.4, 0.5) is 10.9 Å². The number of nitrogens with one attached hydrogen (secondary N) is 3. The van der Waals surface area contributed by atoms with E-state index in [0.29, 0.717) is 22.0 Å². The van der Waals surface area contributed by atoms with Gasteiger partial charge < -0.3 is 16.0 Å². The number of carbonyl (C=O) groups excluding carboxylic acids is 1. The highest BCUT2D eigenvalue weighted by Gasteiger charge is 2.18. The molecule has 1 aliphatic rings. The molecule has 0 bridgehead atoms. The summed E-state index contributed by atoms with van der Waals surface area (Å²) in [7, 11) is -3.27. The zero-order valence-electron chi connectivity index (χ0n) is 15.1. The number of aromatic nitrogens is 2. The Hall–Kier alpha value is -2.56. The van der Waals surface area contributed by atoms with Crippen LogP contribution < -0.4 is 16.0 Å². The van der Waals surface area contributed by atoms with Crippen molar-refractivity contribution in [1.82, 2.24) is 20.6 Å². The molecule has 3 aromatic rings. The summed E-state index contributed by atoms with van der Waals surface area (Å²) in [5.74, 6) is 0.362. The molecule has 3 heterocycles. The van der Waals surface area contributed by atoms with E-state index in [1.807, 2.05) is 0 Å². The Morgan fingerprint density at radius 1 is 1.29 bits per heavy atom. The van der Waals surface area contributed by atoms with Gasteiger partial charge in [-0.25, -0.2) is 18.4 Å². The first kappa shape index (κ1) is 18.8. The van der Waals surface area contributed by atoms with Crippen molar-refractivity contribution in [3.05, 3.63) is 42.1 Å². The number of fused-ring (bicyclic) bond motifs is 1. The molecule has 2 aromatic heterocycles. The Balaban J connectivity index is 1.53. The Morgan fingerprint density at radius 3 is 2.89 bits per heavy atom. The number of thiazole rings is 1. The lowest BCUT2D eigenvalue weighted by Gasteiger charge is -2.11. The molecule has 1 saturated heterocycles. The summed E-state index contributed by atoms with van der Waals surface area (Å²) in [6.45, 7) is 1.69. The molecule has 1 atom stereocenters. The molecule has 3 N–H and O–H groups in total. The van der Waals surface area contributed by atoms with Crippen LogP contribution in [0.25, 0.3) is 10.2 Å². The first-order chi connectivity index (χ1) is 13.4. The lowest BCUT2D eigenvalue weighted by molar-refractivity contribution is 0.0940. The van der Waals surface area contributed by atoms with Gasteiger partial charge in [0, 0.05) is 30.6 Å². The summed E-state index contributed by atoms with van der Waals surface area (Å²) in [6.07, 6.45) is 3.67. The lowest BCUT2D eigenvalue weighted by atomic mass is 10.2. The van der Waals surface area contributed by atoms with Gasteiger partial charge in [-0.05, 0) is 43.3 Å². The molecule has 28 heavy (non-hydrogen) atoms. The zero-order chi connectivity index (χ0) is 19.7. The van der Waals surface area contributed by atoms with Gasteiger partial charge in [0.1, 0.15) is 5.82 Å². The first-order valence-corrected chi connectivity index (χ1v) is 11.4. The summed E-state index contributed by atoms with van der Waals surface area (Å²) in [5, 5.41) is 9.89. The minimum Gasteiger partial charge on any atom is -0.348 e. The molecule has 10 heteroatoms. The maximum atomic E-state index is 12.4. The topological polar surface area (TPSA) is 113 Å². The van der Waals surface area contributed by atoms with Crippen molar-refractivity contribution in [2.45, 2.75) is 17.4 Å². The minimum atomic E-state index is -3.27. The molecule has 146 valence electrons. The molecular weight excluding hydrogens is 398 g/mol. The van der Waals surface area contributed by atoms with Crippen LogP contribution in [0.2, 0.25) is 0 Å². The van der Waals surface area contributed by atoms with Gasteiger partial charge in [-0.2, -0.15) is 0 Å². The van der Waals surface area contributed by atoms with Gasteiger partial charge in [-0.15, -0.1) is 0 Å². The van der Waals surface area contributed by atoms with Crippen LogP contribution in [-0.2, 0) is 9.84 Å². The van der Waals surface area contributed by atoms with Gasteiger partial charge in [-0.1, -0.05) is 11.3 Å². The third-order valence-electron chi connectivity index (χ3n) is 4.44. The van der Waals surface area contributed by atoms with E-state index in [-0.39, 0.29) is 16.8 Å². The van der Waals surface area contributed by atoms with Crippen molar-refractivity contribution in [3.8, 4) is 0 Å². The van der Waals surface area contributed by atoms with Gasteiger partial charge >= 0.3 is 0 Å². The number of amides is 1. The Labute approximate surface area is 166 Å². The van der Waals surface area contributed by atoms with Gasteiger partial charge in [0.15, 0.2) is 15.0 Å². The van der Waals surface area contributed by atoms with Gasteiger partial charge in [0.2, 0.25) is 0 Å². The Kier molecular flexibility index (Phi) is 5.00. The number of hydrogen-bond acceptors (Lipinski definition) is 8. The van der Waals surface area contributed by atoms with Crippen molar-refractivity contribution < 1.29 is 13.2 Å². The summed E-state index contributed by atoms with van der Waals surface area (Å²) >= 11 is 1.33. The third kappa shape index (κ3) is 4.13. The first-order valence-electron chi connectivity index (χ1n) is 8.74. The number of carbonyl (C=O) groups is 1. The van der Waals surface area contributed by atoms with Crippen LogP contribution in [0.5, 0.6) is 0 Å². The van der Waals surface area contributed by atoms with E-state index in [0.717, 1.165) is 24.2 Å². The summed E-state index contributed by atoms with van der Waals surface area (Å²) in [5.41, 5.74) is 1.22. The van der Waals surface area contributed by atoms with Crippen LogP contribution in [0.3, 0.4) is 0 Å². The zero-order valence-corrected chi connectivity index (χ0v) is 16.7. The molecule has 8 nitrogen and oxygen atoms in total. The van der Waals surface area contributed by atoms with Crippen molar-refractivity contribution in [2.75, 3.05) is 24.7 Å². The lowest BCUT2D eigenvalue weighted by Crippen LogP contribution is -2.36. The van der Waals surface area contributed by atoms with Gasteiger partial charge in [0.25, 0.3) is 5.91 Å². The van der Waals surface area contributed by atoms with Crippen molar-refractivity contribution in [1.29, 1.82) is 0 Å². The summed E-state index contributed by atoms with van der Waals surface area (Å²) < 4.78 is 24.2. The number of hydrogen-bond donors (Lipinski definition) is 3. The van der Waals surface area contributed by atoms with E-state index < -0.39 is 9.84 Å². The standard InChI is InChI=1S/C18H19N5O3S2/c1-28(25,26)13-2-3-14-15(9-13)27-18(22-14)23-16-8-11(4-7-20-16)17(24)21-12-5-6-19-10-12/h2-4,7-9,12,19H,5-6,10H2,1H3,(H,21,24)(H,20,22,23)/t12-/m0/s1. The van der Waals surface area contributed by atoms with E-state index >= 15 is 0 Å². The van der Waals surface area contributed by atoms with E-state index in [2.05, 4.69) is 25.9 Å². The maximum absolute atomic E-state index is 12.4. The smallest absolute Gasteiger partial charge is 0.251 e. The molecular formula is C18H19N5O3S2. The average molecular weight is 418 g/mol. The van der Waals surface area contributed by atoms with Crippen LogP contribution in [-0.4, -0.2) is 49.7 Å². The highest BCUT2D eigenvalue weighted by atomic mass is 32.2. The summed E-state index contributed by atoms with van der Waals surface area (Å²) in [4.78, 5) is 21.4. The Morgan fingerprint density at radius 2 is 2.14 bits per heavy atom. The molecule has 4 rings (SSSR count). The molecule has 0 aliphatic carbocycles. The number of pyridine rings is 1. The highest BCUT2D eigenvalue weighted by Crippen LogP contribution is 2.29. The predicted molar refractivity (Wildman–Crippen MR) is 109 cm³/mol. The van der Waals surface area contributed by atoms with Crippen LogP contribution in [0.1, 0.15) is 16.8 Å². The maximum Gasteiger partial charge on any atom is 0.251 e. The van der Waals surface area contributed by atoms with Gasteiger partial charge in [-0.3, -0.25) is 4.79 Å². The molecule has 1 aliphatic heterocycles. The molecule has 0 radical (unpaired) electrons. The fourth-order valence-corrected chi connectivity index (χ4v) is 4.62. The van der Waals surface area contributed by atoms with Gasteiger partial charge in [0.05, 0.1) is 15.1 Å². The number of anilines is 2. The molecule has 1 aromatic carbocycles. The largest absolute Gasteiger partial charge is 0.348 e. The quantitative estimate of drug-likeness (QED) is 0.581. The summed E-state index contributed by atoms with van der Waals surface area (Å²) in [6, 6.07) is 8.32. The van der Waals surface area contributed by atoms with Crippen LogP contribution in [0, 0.1) is 0 Å².